The molecule has 0 bridgehead atoms. The van der Waals surface area contributed by atoms with Crippen molar-refractivity contribution >= 4 is 34.9 Å². The monoisotopic (exact) mass is 298 g/mol. The number of benzene rings is 1. The van der Waals surface area contributed by atoms with E-state index in [1.165, 1.54) is 0 Å². The predicted molar refractivity (Wildman–Crippen MR) is 91.2 cm³/mol. The van der Waals surface area contributed by atoms with E-state index < -0.39 is 0 Å². The zero-order valence-corrected chi connectivity index (χ0v) is 14.7. The van der Waals surface area contributed by atoms with Gasteiger partial charge in [-0.2, -0.15) is 0 Å². The first-order chi connectivity index (χ1) is 8.41. The van der Waals surface area contributed by atoms with Crippen LogP contribution in [-0.2, 0) is 0 Å². The summed E-state index contributed by atoms with van der Waals surface area (Å²) in [4.78, 5) is 2.16. The van der Waals surface area contributed by atoms with Crippen LogP contribution in [0.4, 0.5) is 11.4 Å². The highest BCUT2D eigenvalue weighted by molar-refractivity contribution is 8.01. The lowest BCUT2D eigenvalue weighted by Crippen LogP contribution is -2.12. The molecule has 0 heterocycles. The first-order valence-electron chi connectivity index (χ1n) is 6.47. The molecule has 0 aliphatic rings. The van der Waals surface area contributed by atoms with Crippen molar-refractivity contribution in [3.63, 3.8) is 0 Å². The molecular weight excluding hydrogens is 272 g/mol. The fourth-order valence-electron chi connectivity index (χ4n) is 1.62. The Morgan fingerprint density at radius 1 is 0.842 bits per heavy atom. The third-order valence-corrected chi connectivity index (χ3v) is 4.78. The first kappa shape index (κ1) is 16.6. The highest BCUT2D eigenvalue weighted by atomic mass is 32.2. The van der Waals surface area contributed by atoms with Crippen LogP contribution >= 0.6 is 23.5 Å². The summed E-state index contributed by atoms with van der Waals surface area (Å²) in [5, 5.41) is 0. The van der Waals surface area contributed by atoms with Crippen LogP contribution in [0.3, 0.4) is 0 Å². The summed E-state index contributed by atoms with van der Waals surface area (Å²) in [5.41, 5.74) is 15.3. The molecule has 0 atom stereocenters. The maximum Gasteiger partial charge on any atom is 0.0612 e. The van der Waals surface area contributed by atoms with Gasteiger partial charge in [0, 0.05) is 14.4 Å². The molecule has 0 saturated heterocycles. The topological polar surface area (TPSA) is 52.0 Å². The minimum atomic E-state index is 0.0969. The summed E-state index contributed by atoms with van der Waals surface area (Å²) in [5.74, 6) is 0. The van der Waals surface area contributed by atoms with Crippen LogP contribution in [0.1, 0.15) is 47.1 Å². The van der Waals surface area contributed by atoms with Gasteiger partial charge in [-0.3, -0.25) is 0 Å². The molecule has 19 heavy (non-hydrogen) atoms. The standard InChI is InChI=1S/C15H26N2S2/c1-9-8-10(18-14(2,3)4)12(17)13(11(9)16)19-15(5,6)7/h8H,16-17H2,1-7H3. The summed E-state index contributed by atoms with van der Waals surface area (Å²) in [6.45, 7) is 15.2. The fourth-order valence-corrected chi connectivity index (χ4v) is 3.89. The van der Waals surface area contributed by atoms with Crippen LogP contribution in [0.25, 0.3) is 0 Å². The summed E-state index contributed by atoms with van der Waals surface area (Å²) in [7, 11) is 0. The smallest absolute Gasteiger partial charge is 0.0612 e. The highest BCUT2D eigenvalue weighted by Gasteiger charge is 2.22. The van der Waals surface area contributed by atoms with E-state index in [2.05, 4.69) is 47.6 Å². The molecule has 1 aromatic rings. The third kappa shape index (κ3) is 4.84. The normalized spacial score (nSPS) is 12.8. The Bertz CT molecular complexity index is 469. The second-order valence-electron chi connectivity index (χ2n) is 6.78. The molecule has 1 rings (SSSR count). The molecule has 0 amide bonds. The second-order valence-corrected chi connectivity index (χ2v) is 10.5. The molecule has 4 heteroatoms. The summed E-state index contributed by atoms with van der Waals surface area (Å²) < 4.78 is 0.236. The Labute approximate surface area is 126 Å². The van der Waals surface area contributed by atoms with Crippen molar-refractivity contribution in [1.82, 2.24) is 0 Å². The summed E-state index contributed by atoms with van der Waals surface area (Å²) in [6, 6.07) is 2.10. The molecule has 0 aliphatic carbocycles. The molecule has 0 radical (unpaired) electrons. The number of hydrogen-bond acceptors (Lipinski definition) is 4. The van der Waals surface area contributed by atoms with Crippen molar-refractivity contribution < 1.29 is 0 Å². The Morgan fingerprint density at radius 3 is 1.74 bits per heavy atom. The zero-order chi connectivity index (χ0) is 15.0. The SMILES string of the molecule is Cc1cc(SC(C)(C)C)c(N)c(SC(C)(C)C)c1N. The van der Waals surface area contributed by atoms with Crippen LogP contribution in [-0.4, -0.2) is 9.49 Å². The van der Waals surface area contributed by atoms with Crippen molar-refractivity contribution in [2.75, 3.05) is 11.5 Å². The number of rotatable bonds is 2. The Kier molecular flexibility index (Phi) is 4.79. The van der Waals surface area contributed by atoms with Gasteiger partial charge in [0.05, 0.1) is 16.3 Å². The van der Waals surface area contributed by atoms with Gasteiger partial charge in [-0.15, -0.1) is 23.5 Å². The van der Waals surface area contributed by atoms with Crippen LogP contribution < -0.4 is 11.5 Å². The number of hydrogen-bond donors (Lipinski definition) is 2. The fraction of sp³-hybridized carbons (Fsp3) is 0.600. The van der Waals surface area contributed by atoms with Gasteiger partial charge in [-0.1, -0.05) is 41.5 Å². The lowest BCUT2D eigenvalue weighted by Gasteiger charge is -2.25. The van der Waals surface area contributed by atoms with Gasteiger partial charge in [0.25, 0.3) is 0 Å². The van der Waals surface area contributed by atoms with E-state index in [9.17, 15) is 0 Å². The van der Waals surface area contributed by atoms with Crippen molar-refractivity contribution in [2.45, 2.75) is 67.8 Å². The van der Waals surface area contributed by atoms with Gasteiger partial charge in [0.15, 0.2) is 0 Å². The summed E-state index contributed by atoms with van der Waals surface area (Å²) in [6.07, 6.45) is 0. The average Bonchev–Trinajstić information content (AvgIpc) is 2.17. The maximum absolute atomic E-state index is 6.35. The minimum absolute atomic E-state index is 0.0969. The second kappa shape index (κ2) is 5.49. The molecule has 4 N–H and O–H groups in total. The van der Waals surface area contributed by atoms with Crippen LogP contribution in [0.5, 0.6) is 0 Å². The van der Waals surface area contributed by atoms with E-state index in [4.69, 9.17) is 11.5 Å². The van der Waals surface area contributed by atoms with E-state index in [0.717, 1.165) is 26.7 Å². The van der Waals surface area contributed by atoms with Gasteiger partial charge in [-0.25, -0.2) is 0 Å². The largest absolute Gasteiger partial charge is 0.398 e. The van der Waals surface area contributed by atoms with E-state index in [0.29, 0.717) is 0 Å². The lowest BCUT2D eigenvalue weighted by molar-refractivity contribution is 0.801. The van der Waals surface area contributed by atoms with Crippen LogP contribution in [0.15, 0.2) is 15.9 Å². The molecule has 0 aromatic heterocycles. The van der Waals surface area contributed by atoms with E-state index >= 15 is 0 Å². The Balaban J connectivity index is 3.30. The lowest BCUT2D eigenvalue weighted by atomic mass is 10.2. The van der Waals surface area contributed by atoms with E-state index in [1.807, 2.05) is 6.92 Å². The molecular formula is C15H26N2S2. The molecule has 1 aromatic carbocycles. The zero-order valence-electron chi connectivity index (χ0n) is 13.0. The number of anilines is 2. The first-order valence-corrected chi connectivity index (χ1v) is 8.10. The van der Waals surface area contributed by atoms with Gasteiger partial charge in [0.1, 0.15) is 0 Å². The maximum atomic E-state index is 6.35. The number of nitrogen functional groups attached to an aromatic ring is 2. The van der Waals surface area contributed by atoms with Crippen molar-refractivity contribution in [1.29, 1.82) is 0 Å². The molecule has 0 unspecified atom stereocenters. The number of thioether (sulfide) groups is 2. The van der Waals surface area contributed by atoms with Gasteiger partial charge in [-0.05, 0) is 18.6 Å². The molecule has 0 saturated carbocycles. The molecule has 108 valence electrons. The predicted octanol–water partition coefficient (Wildman–Crippen LogP) is 4.94. The van der Waals surface area contributed by atoms with Crippen LogP contribution in [0.2, 0.25) is 0 Å². The molecule has 2 nitrogen and oxygen atoms in total. The number of aryl methyl sites for hydroxylation is 1. The third-order valence-electron chi connectivity index (χ3n) is 2.35. The highest BCUT2D eigenvalue weighted by Crippen LogP contribution is 2.46. The minimum Gasteiger partial charge on any atom is -0.398 e. The van der Waals surface area contributed by atoms with E-state index in [-0.39, 0.29) is 9.49 Å². The Morgan fingerprint density at radius 2 is 1.32 bits per heavy atom. The molecule has 0 aliphatic heterocycles. The van der Waals surface area contributed by atoms with Crippen molar-refractivity contribution in [3.05, 3.63) is 11.6 Å². The van der Waals surface area contributed by atoms with Gasteiger partial charge < -0.3 is 11.5 Å². The molecule has 0 fully saturated rings. The summed E-state index contributed by atoms with van der Waals surface area (Å²) >= 11 is 3.54. The quantitative estimate of drug-likeness (QED) is 0.600. The van der Waals surface area contributed by atoms with Crippen molar-refractivity contribution in [2.24, 2.45) is 0 Å². The Hall–Kier alpha value is -0.480. The number of nitrogens with two attached hydrogens (primary N) is 2. The van der Waals surface area contributed by atoms with Crippen LogP contribution in [0, 0.1) is 6.92 Å². The average molecular weight is 299 g/mol. The molecule has 0 spiro atoms. The van der Waals surface area contributed by atoms with Crippen molar-refractivity contribution in [3.8, 4) is 0 Å². The van der Waals surface area contributed by atoms with E-state index in [1.54, 1.807) is 23.5 Å². The van der Waals surface area contributed by atoms with Gasteiger partial charge >= 0.3 is 0 Å². The van der Waals surface area contributed by atoms with Gasteiger partial charge in [0.2, 0.25) is 0 Å².